The number of hydrogen-bond donors (Lipinski definition) is 1. The average Bonchev–Trinajstić information content (AvgIpc) is 2.32. The first-order valence-electron chi connectivity index (χ1n) is 6.08. The van der Waals surface area contributed by atoms with Gasteiger partial charge in [0, 0.05) is 25.0 Å². The molecule has 0 saturated heterocycles. The molecule has 0 aliphatic rings. The number of aromatic nitrogens is 1. The monoisotopic (exact) mass is 245 g/mol. The van der Waals surface area contributed by atoms with Crippen LogP contribution >= 0.6 is 0 Å². The van der Waals surface area contributed by atoms with Crippen LogP contribution in [0.25, 0.3) is 10.9 Å². The zero-order valence-electron chi connectivity index (χ0n) is 11.3. The van der Waals surface area contributed by atoms with Gasteiger partial charge in [-0.2, -0.15) is 0 Å². The van der Waals surface area contributed by atoms with Gasteiger partial charge in [-0.15, -0.1) is 0 Å². The molecular formula is C14H19N3O. The van der Waals surface area contributed by atoms with Crippen molar-refractivity contribution in [2.75, 3.05) is 24.8 Å². The Morgan fingerprint density at radius 3 is 2.56 bits per heavy atom. The van der Waals surface area contributed by atoms with Crippen LogP contribution in [-0.4, -0.2) is 18.8 Å². The zero-order valence-corrected chi connectivity index (χ0v) is 11.3. The standard InChI is InChI=1S/C14H19N3O/c1-5-10-13(16(3)4)11-8-9(2)6-7-12(11)17(15)14(10)18/h6-8H,5,15H2,1-4H3. The SMILES string of the molecule is CCc1c(N(C)C)c2cc(C)ccc2n(N)c1=O. The number of rotatable bonds is 2. The third-order valence-corrected chi connectivity index (χ3v) is 3.23. The van der Waals surface area contributed by atoms with Gasteiger partial charge in [-0.3, -0.25) is 4.79 Å². The molecule has 0 spiro atoms. The largest absolute Gasteiger partial charge is 0.377 e. The van der Waals surface area contributed by atoms with Crippen LogP contribution in [0.1, 0.15) is 18.1 Å². The molecule has 0 bridgehead atoms. The minimum atomic E-state index is -0.113. The summed E-state index contributed by atoms with van der Waals surface area (Å²) in [7, 11) is 3.91. The smallest absolute Gasteiger partial charge is 0.274 e. The highest BCUT2D eigenvalue weighted by atomic mass is 16.1. The van der Waals surface area contributed by atoms with Crippen LogP contribution in [0.2, 0.25) is 0 Å². The van der Waals surface area contributed by atoms with Crippen LogP contribution < -0.4 is 16.3 Å². The Labute approximate surface area is 107 Å². The molecule has 2 aromatic rings. The maximum Gasteiger partial charge on any atom is 0.274 e. The van der Waals surface area contributed by atoms with E-state index in [2.05, 4.69) is 6.07 Å². The van der Waals surface area contributed by atoms with E-state index in [1.807, 2.05) is 45.0 Å². The lowest BCUT2D eigenvalue weighted by Crippen LogP contribution is -2.32. The number of nitrogens with two attached hydrogens (primary N) is 1. The van der Waals surface area contributed by atoms with Crippen molar-refractivity contribution in [2.45, 2.75) is 20.3 Å². The average molecular weight is 245 g/mol. The highest BCUT2D eigenvalue weighted by Gasteiger charge is 2.15. The summed E-state index contributed by atoms with van der Waals surface area (Å²) in [5, 5.41) is 1.03. The molecule has 0 radical (unpaired) electrons. The second-order valence-electron chi connectivity index (χ2n) is 4.77. The van der Waals surface area contributed by atoms with E-state index in [1.165, 1.54) is 4.68 Å². The number of benzene rings is 1. The van der Waals surface area contributed by atoms with Crippen molar-refractivity contribution in [1.29, 1.82) is 0 Å². The van der Waals surface area contributed by atoms with Gasteiger partial charge in [0.15, 0.2) is 0 Å². The molecule has 1 aromatic carbocycles. The molecule has 2 rings (SSSR count). The van der Waals surface area contributed by atoms with Gasteiger partial charge in [0.25, 0.3) is 5.56 Å². The number of nitrogen functional groups attached to an aromatic ring is 1. The predicted molar refractivity (Wildman–Crippen MR) is 76.8 cm³/mol. The topological polar surface area (TPSA) is 51.3 Å². The first-order chi connectivity index (χ1) is 8.47. The van der Waals surface area contributed by atoms with Crippen molar-refractivity contribution in [3.63, 3.8) is 0 Å². The number of fused-ring (bicyclic) bond motifs is 1. The number of pyridine rings is 1. The number of aryl methyl sites for hydroxylation is 1. The summed E-state index contributed by atoms with van der Waals surface area (Å²) < 4.78 is 1.25. The fraction of sp³-hybridized carbons (Fsp3) is 0.357. The first kappa shape index (κ1) is 12.5. The molecule has 0 unspecified atom stereocenters. The van der Waals surface area contributed by atoms with Crippen molar-refractivity contribution in [3.05, 3.63) is 39.7 Å². The van der Waals surface area contributed by atoms with Crippen molar-refractivity contribution in [3.8, 4) is 0 Å². The summed E-state index contributed by atoms with van der Waals surface area (Å²) in [6, 6.07) is 5.95. The van der Waals surface area contributed by atoms with Gasteiger partial charge in [0.1, 0.15) is 0 Å². The van der Waals surface area contributed by atoms with E-state index < -0.39 is 0 Å². The number of hydrogen-bond acceptors (Lipinski definition) is 3. The van der Waals surface area contributed by atoms with Gasteiger partial charge in [-0.1, -0.05) is 18.6 Å². The normalized spacial score (nSPS) is 10.9. The lowest BCUT2D eigenvalue weighted by atomic mass is 10.0. The van der Waals surface area contributed by atoms with E-state index in [0.29, 0.717) is 6.42 Å². The fourth-order valence-corrected chi connectivity index (χ4v) is 2.40. The number of nitrogens with zero attached hydrogens (tertiary/aromatic N) is 2. The van der Waals surface area contributed by atoms with Crippen LogP contribution in [0, 0.1) is 6.92 Å². The maximum atomic E-state index is 12.2. The molecule has 1 heterocycles. The number of anilines is 1. The van der Waals surface area contributed by atoms with E-state index in [0.717, 1.165) is 27.7 Å². The molecule has 96 valence electrons. The van der Waals surface area contributed by atoms with E-state index >= 15 is 0 Å². The van der Waals surface area contributed by atoms with Crippen LogP contribution in [0.4, 0.5) is 5.69 Å². The van der Waals surface area contributed by atoms with Crippen molar-refractivity contribution in [2.24, 2.45) is 0 Å². The second-order valence-corrected chi connectivity index (χ2v) is 4.77. The summed E-state index contributed by atoms with van der Waals surface area (Å²) >= 11 is 0. The van der Waals surface area contributed by atoms with Gasteiger partial charge in [0.2, 0.25) is 0 Å². The molecule has 2 N–H and O–H groups in total. The lowest BCUT2D eigenvalue weighted by molar-refractivity contribution is 0.928. The van der Waals surface area contributed by atoms with Gasteiger partial charge in [-0.25, -0.2) is 4.68 Å². The Morgan fingerprint density at radius 2 is 2.00 bits per heavy atom. The molecule has 0 aliphatic carbocycles. The molecule has 4 heteroatoms. The summed E-state index contributed by atoms with van der Waals surface area (Å²) in [5.41, 5.74) is 3.55. The van der Waals surface area contributed by atoms with Gasteiger partial charge in [0.05, 0.1) is 11.2 Å². The Kier molecular flexibility index (Phi) is 3.03. The van der Waals surface area contributed by atoms with Crippen molar-refractivity contribution >= 4 is 16.6 Å². The zero-order chi connectivity index (χ0) is 13.4. The Morgan fingerprint density at radius 1 is 1.33 bits per heavy atom. The summed E-state index contributed by atoms with van der Waals surface area (Å²) in [4.78, 5) is 14.2. The van der Waals surface area contributed by atoms with E-state index in [-0.39, 0.29) is 5.56 Å². The summed E-state index contributed by atoms with van der Waals surface area (Å²) in [6.45, 7) is 4.02. The van der Waals surface area contributed by atoms with Gasteiger partial charge >= 0.3 is 0 Å². The molecule has 4 nitrogen and oxygen atoms in total. The minimum Gasteiger partial charge on any atom is -0.377 e. The first-order valence-corrected chi connectivity index (χ1v) is 6.08. The van der Waals surface area contributed by atoms with Gasteiger partial charge in [-0.05, 0) is 25.5 Å². The van der Waals surface area contributed by atoms with Crippen LogP contribution in [0.15, 0.2) is 23.0 Å². The Balaban J connectivity index is 3.04. The molecule has 0 amide bonds. The summed E-state index contributed by atoms with van der Waals surface area (Å²) in [5.74, 6) is 5.90. The van der Waals surface area contributed by atoms with Crippen LogP contribution in [-0.2, 0) is 6.42 Å². The molecule has 0 atom stereocenters. The maximum absolute atomic E-state index is 12.2. The van der Waals surface area contributed by atoms with Crippen molar-refractivity contribution < 1.29 is 0 Å². The molecule has 0 saturated carbocycles. The fourth-order valence-electron chi connectivity index (χ4n) is 2.40. The second kappa shape index (κ2) is 4.37. The molecular weight excluding hydrogens is 226 g/mol. The third kappa shape index (κ3) is 1.74. The van der Waals surface area contributed by atoms with Crippen LogP contribution in [0.5, 0.6) is 0 Å². The molecule has 0 fully saturated rings. The third-order valence-electron chi connectivity index (χ3n) is 3.23. The lowest BCUT2D eigenvalue weighted by Gasteiger charge is -2.21. The quantitative estimate of drug-likeness (QED) is 0.819. The Hall–Kier alpha value is -1.97. The van der Waals surface area contributed by atoms with Gasteiger partial charge < -0.3 is 10.7 Å². The highest BCUT2D eigenvalue weighted by Crippen LogP contribution is 2.27. The Bertz CT molecular complexity index is 656. The summed E-state index contributed by atoms with van der Waals surface area (Å²) in [6.07, 6.45) is 0.674. The van der Waals surface area contributed by atoms with E-state index in [4.69, 9.17) is 5.84 Å². The molecule has 0 aliphatic heterocycles. The van der Waals surface area contributed by atoms with Crippen molar-refractivity contribution in [1.82, 2.24) is 4.68 Å². The van der Waals surface area contributed by atoms with E-state index in [1.54, 1.807) is 0 Å². The highest BCUT2D eigenvalue weighted by molar-refractivity contribution is 5.94. The predicted octanol–water partition coefficient (Wildman–Crippen LogP) is 1.65. The minimum absolute atomic E-state index is 0.113. The molecule has 1 aromatic heterocycles. The van der Waals surface area contributed by atoms with E-state index in [9.17, 15) is 4.79 Å². The molecule has 18 heavy (non-hydrogen) atoms. The van der Waals surface area contributed by atoms with Crippen LogP contribution in [0.3, 0.4) is 0 Å².